The van der Waals surface area contributed by atoms with Gasteiger partial charge in [-0.05, 0) is 38.0 Å². The topological polar surface area (TPSA) is 86.7 Å². The Morgan fingerprint density at radius 2 is 1.74 bits per heavy atom. The standard InChI is InChI=1S/C17H22N2O4/c1-3-19(4-2)16(21)12-7-5-11(6-8-12)10-18-15(20)13-9-14(13)17(22)23/h5-8,13-14H,3-4,9-10H2,1-2H3,(H,18,20)(H,22,23). The normalized spacial score (nSPS) is 19.0. The van der Waals surface area contributed by atoms with E-state index in [0.717, 1.165) is 5.56 Å². The SMILES string of the molecule is CCN(CC)C(=O)c1ccc(CNC(=O)C2CC2C(=O)O)cc1. The van der Waals surface area contributed by atoms with E-state index < -0.39 is 17.8 Å². The number of aliphatic carboxylic acids is 1. The lowest BCUT2D eigenvalue weighted by molar-refractivity contribution is -0.140. The highest BCUT2D eigenvalue weighted by molar-refractivity contribution is 5.94. The third-order valence-electron chi connectivity index (χ3n) is 4.16. The predicted octanol–water partition coefficient (Wildman–Crippen LogP) is 1.51. The molecule has 1 aliphatic carbocycles. The molecule has 1 aromatic rings. The first-order valence-electron chi connectivity index (χ1n) is 7.86. The summed E-state index contributed by atoms with van der Waals surface area (Å²) >= 11 is 0. The first kappa shape index (κ1) is 17.0. The van der Waals surface area contributed by atoms with Crippen molar-refractivity contribution < 1.29 is 19.5 Å². The lowest BCUT2D eigenvalue weighted by Gasteiger charge is -2.18. The molecule has 1 fully saturated rings. The Labute approximate surface area is 135 Å². The number of nitrogens with zero attached hydrogens (tertiary/aromatic N) is 1. The van der Waals surface area contributed by atoms with Crippen LogP contribution >= 0.6 is 0 Å². The molecule has 6 nitrogen and oxygen atoms in total. The molecule has 0 saturated heterocycles. The summed E-state index contributed by atoms with van der Waals surface area (Å²) in [5.41, 5.74) is 1.50. The van der Waals surface area contributed by atoms with Crippen molar-refractivity contribution in [2.24, 2.45) is 11.8 Å². The third kappa shape index (κ3) is 4.09. The summed E-state index contributed by atoms with van der Waals surface area (Å²) < 4.78 is 0. The largest absolute Gasteiger partial charge is 0.481 e. The van der Waals surface area contributed by atoms with Crippen molar-refractivity contribution >= 4 is 17.8 Å². The molecule has 2 N–H and O–H groups in total. The van der Waals surface area contributed by atoms with Gasteiger partial charge < -0.3 is 15.3 Å². The Bertz CT molecular complexity index is 593. The molecule has 124 valence electrons. The van der Waals surface area contributed by atoms with Crippen LogP contribution in [0, 0.1) is 11.8 Å². The van der Waals surface area contributed by atoms with Gasteiger partial charge in [-0.2, -0.15) is 0 Å². The van der Waals surface area contributed by atoms with Gasteiger partial charge in [-0.1, -0.05) is 12.1 Å². The summed E-state index contributed by atoms with van der Waals surface area (Å²) in [6, 6.07) is 7.11. The summed E-state index contributed by atoms with van der Waals surface area (Å²) in [4.78, 5) is 36.5. The van der Waals surface area contributed by atoms with Gasteiger partial charge in [-0.15, -0.1) is 0 Å². The molecule has 0 aromatic heterocycles. The van der Waals surface area contributed by atoms with Gasteiger partial charge in [-0.25, -0.2) is 0 Å². The minimum Gasteiger partial charge on any atom is -0.481 e. The Morgan fingerprint density at radius 3 is 2.22 bits per heavy atom. The van der Waals surface area contributed by atoms with E-state index in [-0.39, 0.29) is 11.8 Å². The zero-order valence-corrected chi connectivity index (χ0v) is 13.4. The molecule has 0 bridgehead atoms. The van der Waals surface area contributed by atoms with Crippen molar-refractivity contribution in [1.29, 1.82) is 0 Å². The molecule has 6 heteroatoms. The van der Waals surface area contributed by atoms with Crippen molar-refractivity contribution in [3.8, 4) is 0 Å². The van der Waals surface area contributed by atoms with E-state index >= 15 is 0 Å². The molecule has 0 spiro atoms. The number of carbonyl (C=O) groups excluding carboxylic acids is 2. The van der Waals surface area contributed by atoms with Crippen LogP contribution in [-0.4, -0.2) is 40.9 Å². The number of benzene rings is 1. The van der Waals surface area contributed by atoms with Crippen molar-refractivity contribution in [3.05, 3.63) is 35.4 Å². The fourth-order valence-corrected chi connectivity index (χ4v) is 2.54. The molecule has 23 heavy (non-hydrogen) atoms. The van der Waals surface area contributed by atoms with E-state index in [1.807, 2.05) is 13.8 Å². The number of carboxylic acids is 1. The van der Waals surface area contributed by atoms with Gasteiger partial charge in [0.1, 0.15) is 0 Å². The van der Waals surface area contributed by atoms with E-state index in [1.165, 1.54) is 0 Å². The molecule has 0 radical (unpaired) electrons. The molecule has 1 saturated carbocycles. The van der Waals surface area contributed by atoms with Gasteiger partial charge in [0.15, 0.2) is 0 Å². The molecule has 2 atom stereocenters. The molecule has 2 rings (SSSR count). The summed E-state index contributed by atoms with van der Waals surface area (Å²) in [6.07, 6.45) is 0.415. The van der Waals surface area contributed by atoms with E-state index in [9.17, 15) is 14.4 Å². The maximum absolute atomic E-state index is 12.2. The first-order chi connectivity index (χ1) is 11.0. The number of carboxylic acid groups (broad SMARTS) is 1. The number of rotatable bonds is 7. The highest BCUT2D eigenvalue weighted by atomic mass is 16.4. The fraction of sp³-hybridized carbons (Fsp3) is 0.471. The fourth-order valence-electron chi connectivity index (χ4n) is 2.54. The third-order valence-corrected chi connectivity index (χ3v) is 4.16. The summed E-state index contributed by atoms with van der Waals surface area (Å²) in [5, 5.41) is 11.6. The predicted molar refractivity (Wildman–Crippen MR) is 84.8 cm³/mol. The number of nitrogens with one attached hydrogen (secondary N) is 1. The molecule has 1 aromatic carbocycles. The van der Waals surface area contributed by atoms with Gasteiger partial charge >= 0.3 is 5.97 Å². The molecular weight excluding hydrogens is 296 g/mol. The van der Waals surface area contributed by atoms with Crippen LogP contribution in [-0.2, 0) is 16.1 Å². The molecule has 1 aliphatic rings. The Hall–Kier alpha value is -2.37. The average Bonchev–Trinajstić information content (AvgIpc) is 3.35. The number of carbonyl (C=O) groups is 3. The maximum atomic E-state index is 12.2. The Morgan fingerprint density at radius 1 is 1.13 bits per heavy atom. The van der Waals surface area contributed by atoms with Crippen molar-refractivity contribution in [2.75, 3.05) is 13.1 Å². The summed E-state index contributed by atoms with van der Waals surface area (Å²) in [5.74, 6) is -2.09. The van der Waals surface area contributed by atoms with Crippen LogP contribution in [0.25, 0.3) is 0 Å². The van der Waals surface area contributed by atoms with E-state index in [4.69, 9.17) is 5.11 Å². The number of hydrogen-bond donors (Lipinski definition) is 2. The van der Waals surface area contributed by atoms with Crippen LogP contribution in [0.2, 0.25) is 0 Å². The first-order valence-corrected chi connectivity index (χ1v) is 7.86. The Balaban J connectivity index is 1.87. The smallest absolute Gasteiger partial charge is 0.307 e. The summed E-state index contributed by atoms with van der Waals surface area (Å²) in [7, 11) is 0. The monoisotopic (exact) mass is 318 g/mol. The average molecular weight is 318 g/mol. The van der Waals surface area contributed by atoms with Gasteiger partial charge in [-0.3, -0.25) is 14.4 Å². The van der Waals surface area contributed by atoms with E-state index in [0.29, 0.717) is 31.6 Å². The quantitative estimate of drug-likeness (QED) is 0.798. The van der Waals surface area contributed by atoms with Crippen molar-refractivity contribution in [2.45, 2.75) is 26.8 Å². The second-order valence-corrected chi connectivity index (χ2v) is 5.68. The van der Waals surface area contributed by atoms with Gasteiger partial charge in [0.25, 0.3) is 5.91 Å². The number of hydrogen-bond acceptors (Lipinski definition) is 3. The zero-order valence-electron chi connectivity index (χ0n) is 13.4. The molecule has 0 aliphatic heterocycles. The van der Waals surface area contributed by atoms with E-state index in [1.54, 1.807) is 29.2 Å². The van der Waals surface area contributed by atoms with Crippen molar-refractivity contribution in [1.82, 2.24) is 10.2 Å². The van der Waals surface area contributed by atoms with Crippen LogP contribution in [0.15, 0.2) is 24.3 Å². The Kier molecular flexibility index (Phi) is 5.36. The van der Waals surface area contributed by atoms with Gasteiger partial charge in [0.05, 0.1) is 11.8 Å². The van der Waals surface area contributed by atoms with Crippen LogP contribution in [0.5, 0.6) is 0 Å². The lowest BCUT2D eigenvalue weighted by atomic mass is 10.1. The molecule has 2 amide bonds. The second-order valence-electron chi connectivity index (χ2n) is 5.68. The molecule has 2 unspecified atom stereocenters. The van der Waals surface area contributed by atoms with Gasteiger partial charge in [0.2, 0.25) is 5.91 Å². The highest BCUT2D eigenvalue weighted by Crippen LogP contribution is 2.38. The van der Waals surface area contributed by atoms with Gasteiger partial charge in [0, 0.05) is 25.2 Å². The number of amides is 2. The lowest BCUT2D eigenvalue weighted by Crippen LogP contribution is -2.30. The van der Waals surface area contributed by atoms with E-state index in [2.05, 4.69) is 5.32 Å². The minimum absolute atomic E-state index is 0.00661. The summed E-state index contributed by atoms with van der Waals surface area (Å²) in [6.45, 7) is 5.54. The highest BCUT2D eigenvalue weighted by Gasteiger charge is 2.48. The second kappa shape index (κ2) is 7.26. The van der Waals surface area contributed by atoms with Crippen LogP contribution < -0.4 is 5.32 Å². The minimum atomic E-state index is -0.913. The molecular formula is C17H22N2O4. The molecule has 0 heterocycles. The van der Waals surface area contributed by atoms with Crippen LogP contribution in [0.4, 0.5) is 0 Å². The zero-order chi connectivity index (χ0) is 17.0. The van der Waals surface area contributed by atoms with Crippen LogP contribution in [0.3, 0.4) is 0 Å². The van der Waals surface area contributed by atoms with Crippen molar-refractivity contribution in [3.63, 3.8) is 0 Å². The van der Waals surface area contributed by atoms with Crippen LogP contribution in [0.1, 0.15) is 36.2 Å². The maximum Gasteiger partial charge on any atom is 0.307 e.